The Bertz CT molecular complexity index is 1080. The highest BCUT2D eigenvalue weighted by Gasteiger charge is 2.15. The lowest BCUT2D eigenvalue weighted by molar-refractivity contribution is 0.555. The van der Waals surface area contributed by atoms with Crippen LogP contribution in [0.5, 0.6) is 0 Å². The smallest absolute Gasteiger partial charge is 0.332 e. The van der Waals surface area contributed by atoms with E-state index in [-0.39, 0.29) is 17.1 Å². The zero-order valence-corrected chi connectivity index (χ0v) is 14.8. The predicted molar refractivity (Wildman–Crippen MR) is 101 cm³/mol. The van der Waals surface area contributed by atoms with Crippen LogP contribution in [0.15, 0.2) is 33.9 Å². The van der Waals surface area contributed by atoms with E-state index in [1.807, 2.05) is 13.8 Å². The van der Waals surface area contributed by atoms with Crippen molar-refractivity contribution in [2.75, 3.05) is 0 Å². The second-order valence-electron chi connectivity index (χ2n) is 6.10. The van der Waals surface area contributed by atoms with Gasteiger partial charge in [0.15, 0.2) is 5.65 Å². The molecule has 1 aromatic carbocycles. The third kappa shape index (κ3) is 3.37. The Kier molecular flexibility index (Phi) is 5.16. The maximum Gasteiger partial charge on any atom is 0.332 e. The first-order valence-corrected chi connectivity index (χ1v) is 8.72. The Labute approximate surface area is 149 Å². The Morgan fingerprint density at radius 3 is 2.54 bits per heavy atom. The number of hydrogen-bond donors (Lipinski definition) is 1. The molecule has 0 aliphatic rings. The fourth-order valence-corrected chi connectivity index (χ4v) is 2.89. The fraction of sp³-hybridized carbons (Fsp3) is 0.316. The molecule has 1 N–H and O–H groups in total. The molecule has 26 heavy (non-hydrogen) atoms. The third-order valence-electron chi connectivity index (χ3n) is 4.06. The molecule has 0 amide bonds. The van der Waals surface area contributed by atoms with Gasteiger partial charge < -0.3 is 4.98 Å². The molecule has 0 unspecified atom stereocenters. The maximum atomic E-state index is 13.3. The van der Waals surface area contributed by atoms with Gasteiger partial charge in [0.25, 0.3) is 5.56 Å². The summed E-state index contributed by atoms with van der Waals surface area (Å²) in [5.41, 5.74) is 0.647. The number of aryl methyl sites for hydroxylation is 1. The normalized spacial score (nSPS) is 11.7. The van der Waals surface area contributed by atoms with Crippen LogP contribution in [0.2, 0.25) is 0 Å². The minimum atomic E-state index is -0.364. The zero-order chi connectivity index (χ0) is 18.7. The van der Waals surface area contributed by atoms with Crippen LogP contribution >= 0.6 is 0 Å². The lowest BCUT2D eigenvalue weighted by Gasteiger charge is -2.09. The standard InChI is InChI=1S/C19H21FN4O2/c1-3-10-23-17-16(18(25)24(11-4-2)19(23)26)21-15(22-17)9-8-13-6-5-7-14(20)12-13/h5-9,12H,3-4,10-11H2,1-2H3,(H,21,22). The molecule has 0 saturated heterocycles. The van der Waals surface area contributed by atoms with Crippen LogP contribution in [-0.2, 0) is 13.1 Å². The van der Waals surface area contributed by atoms with Crippen LogP contribution in [0.3, 0.4) is 0 Å². The monoisotopic (exact) mass is 356 g/mol. The molecule has 0 spiro atoms. The number of aromatic amines is 1. The highest BCUT2D eigenvalue weighted by molar-refractivity contribution is 5.75. The summed E-state index contributed by atoms with van der Waals surface area (Å²) in [6.07, 6.45) is 4.81. The molecule has 0 saturated carbocycles. The van der Waals surface area contributed by atoms with Crippen molar-refractivity contribution in [3.05, 3.63) is 62.3 Å². The van der Waals surface area contributed by atoms with Crippen molar-refractivity contribution < 1.29 is 4.39 Å². The minimum absolute atomic E-state index is 0.311. The molecule has 2 aromatic heterocycles. The van der Waals surface area contributed by atoms with Gasteiger partial charge in [0.05, 0.1) is 0 Å². The van der Waals surface area contributed by atoms with E-state index in [4.69, 9.17) is 0 Å². The van der Waals surface area contributed by atoms with E-state index < -0.39 is 0 Å². The van der Waals surface area contributed by atoms with Crippen LogP contribution in [0.4, 0.5) is 4.39 Å². The molecule has 7 heteroatoms. The molecule has 3 rings (SSSR count). The molecule has 3 aromatic rings. The summed E-state index contributed by atoms with van der Waals surface area (Å²) in [5, 5.41) is 0. The van der Waals surface area contributed by atoms with Crippen molar-refractivity contribution in [1.82, 2.24) is 19.1 Å². The highest BCUT2D eigenvalue weighted by Crippen LogP contribution is 2.11. The van der Waals surface area contributed by atoms with E-state index in [9.17, 15) is 14.0 Å². The van der Waals surface area contributed by atoms with Gasteiger partial charge in [0, 0.05) is 13.1 Å². The molecular weight excluding hydrogens is 335 g/mol. The first-order chi connectivity index (χ1) is 12.5. The summed E-state index contributed by atoms with van der Waals surface area (Å²) < 4.78 is 16.0. The summed E-state index contributed by atoms with van der Waals surface area (Å²) in [6, 6.07) is 6.16. The molecule has 0 aliphatic heterocycles. The number of imidazole rings is 1. The van der Waals surface area contributed by atoms with Crippen molar-refractivity contribution in [3.63, 3.8) is 0 Å². The molecule has 0 radical (unpaired) electrons. The number of nitrogens with one attached hydrogen (secondary N) is 1. The number of fused-ring (bicyclic) bond motifs is 1. The number of aromatic nitrogens is 4. The first kappa shape index (κ1) is 17.8. The van der Waals surface area contributed by atoms with Gasteiger partial charge in [-0.25, -0.2) is 14.2 Å². The van der Waals surface area contributed by atoms with Crippen molar-refractivity contribution in [2.45, 2.75) is 39.8 Å². The van der Waals surface area contributed by atoms with Gasteiger partial charge in [-0.15, -0.1) is 0 Å². The Hall–Kier alpha value is -2.96. The fourth-order valence-electron chi connectivity index (χ4n) is 2.89. The lowest BCUT2D eigenvalue weighted by atomic mass is 10.2. The summed E-state index contributed by atoms with van der Waals surface area (Å²) in [4.78, 5) is 32.6. The van der Waals surface area contributed by atoms with Crippen molar-refractivity contribution in [1.29, 1.82) is 0 Å². The van der Waals surface area contributed by atoms with Crippen LogP contribution < -0.4 is 11.2 Å². The average Bonchev–Trinajstić information content (AvgIpc) is 3.05. The molecule has 6 nitrogen and oxygen atoms in total. The van der Waals surface area contributed by atoms with Crippen molar-refractivity contribution in [3.8, 4) is 0 Å². The summed E-state index contributed by atoms with van der Waals surface area (Å²) in [5.74, 6) is 0.121. The van der Waals surface area contributed by atoms with Crippen LogP contribution in [0.1, 0.15) is 38.1 Å². The Morgan fingerprint density at radius 1 is 1.12 bits per heavy atom. The van der Waals surface area contributed by atoms with Gasteiger partial charge in [-0.1, -0.05) is 32.1 Å². The van der Waals surface area contributed by atoms with E-state index in [1.165, 1.54) is 21.3 Å². The number of nitrogens with zero attached hydrogens (tertiary/aromatic N) is 3. The van der Waals surface area contributed by atoms with E-state index in [1.54, 1.807) is 24.3 Å². The van der Waals surface area contributed by atoms with Crippen molar-refractivity contribution in [2.24, 2.45) is 0 Å². The van der Waals surface area contributed by atoms with Gasteiger partial charge >= 0.3 is 5.69 Å². The third-order valence-corrected chi connectivity index (χ3v) is 4.06. The summed E-state index contributed by atoms with van der Waals surface area (Å²) >= 11 is 0. The van der Waals surface area contributed by atoms with E-state index in [0.29, 0.717) is 42.1 Å². The van der Waals surface area contributed by atoms with E-state index in [2.05, 4.69) is 9.97 Å². The number of rotatable bonds is 6. The Balaban J connectivity index is 2.12. The average molecular weight is 356 g/mol. The van der Waals surface area contributed by atoms with Crippen LogP contribution in [-0.4, -0.2) is 19.1 Å². The summed E-state index contributed by atoms with van der Waals surface area (Å²) in [6.45, 7) is 4.73. The number of hydrogen-bond acceptors (Lipinski definition) is 3. The number of H-pyrrole nitrogens is 1. The topological polar surface area (TPSA) is 72.7 Å². The van der Waals surface area contributed by atoms with Crippen LogP contribution in [0, 0.1) is 5.82 Å². The molecule has 2 heterocycles. The first-order valence-electron chi connectivity index (χ1n) is 8.72. The SMILES string of the molecule is CCCn1c(=O)c2[nH]c(C=Cc3cccc(F)c3)nc2n(CCC)c1=O. The zero-order valence-electron chi connectivity index (χ0n) is 14.8. The highest BCUT2D eigenvalue weighted by atomic mass is 19.1. The minimum Gasteiger partial charge on any atom is -0.333 e. The largest absolute Gasteiger partial charge is 0.333 e. The molecule has 0 atom stereocenters. The van der Waals surface area contributed by atoms with Gasteiger partial charge in [-0.3, -0.25) is 13.9 Å². The molecular formula is C19H21FN4O2. The molecule has 0 bridgehead atoms. The Morgan fingerprint density at radius 2 is 1.85 bits per heavy atom. The maximum absolute atomic E-state index is 13.3. The second-order valence-corrected chi connectivity index (χ2v) is 6.10. The van der Waals surface area contributed by atoms with Gasteiger partial charge in [-0.2, -0.15) is 0 Å². The molecule has 136 valence electrons. The second kappa shape index (κ2) is 7.51. The van der Waals surface area contributed by atoms with Crippen molar-refractivity contribution >= 4 is 23.3 Å². The molecule has 0 fully saturated rings. The van der Waals surface area contributed by atoms with Gasteiger partial charge in [-0.05, 0) is 36.6 Å². The number of halogens is 1. The number of benzene rings is 1. The van der Waals surface area contributed by atoms with Gasteiger partial charge in [0.2, 0.25) is 0 Å². The van der Waals surface area contributed by atoms with Crippen LogP contribution in [0.25, 0.3) is 23.3 Å². The lowest BCUT2D eigenvalue weighted by Crippen LogP contribution is -2.40. The van der Waals surface area contributed by atoms with E-state index in [0.717, 1.165) is 6.42 Å². The quantitative estimate of drug-likeness (QED) is 0.738. The predicted octanol–water partition coefficient (Wildman–Crippen LogP) is 3.02. The molecule has 0 aliphatic carbocycles. The van der Waals surface area contributed by atoms with E-state index >= 15 is 0 Å². The van der Waals surface area contributed by atoms with Gasteiger partial charge in [0.1, 0.15) is 17.2 Å². The summed E-state index contributed by atoms with van der Waals surface area (Å²) in [7, 11) is 0.